The quantitative estimate of drug-likeness (QED) is 0.907. The van der Waals surface area contributed by atoms with E-state index in [4.69, 9.17) is 4.74 Å². The Kier molecular flexibility index (Phi) is 4.49. The molecular weight excluding hydrogens is 278 g/mol. The van der Waals surface area contributed by atoms with Gasteiger partial charge in [-0.3, -0.25) is 0 Å². The van der Waals surface area contributed by atoms with Crippen LogP contribution in [-0.4, -0.2) is 49.7 Å². The van der Waals surface area contributed by atoms with E-state index in [9.17, 15) is 13.5 Å². The summed E-state index contributed by atoms with van der Waals surface area (Å²) in [5, 5.41) is 9.18. The van der Waals surface area contributed by atoms with Crippen molar-refractivity contribution in [3.05, 3.63) is 29.3 Å². The van der Waals surface area contributed by atoms with E-state index in [1.54, 1.807) is 19.1 Å². The van der Waals surface area contributed by atoms with Gasteiger partial charge in [0.15, 0.2) is 0 Å². The second-order valence-electron chi connectivity index (χ2n) is 5.33. The second kappa shape index (κ2) is 5.81. The fraction of sp³-hybridized carbons (Fsp3) is 0.571. The summed E-state index contributed by atoms with van der Waals surface area (Å²) in [6.07, 6.45) is -0.452. The lowest BCUT2D eigenvalue weighted by Gasteiger charge is -2.36. The molecule has 2 atom stereocenters. The minimum atomic E-state index is -3.56. The molecule has 1 fully saturated rings. The molecule has 1 N–H and O–H groups in total. The van der Waals surface area contributed by atoms with E-state index >= 15 is 0 Å². The smallest absolute Gasteiger partial charge is 0.243 e. The van der Waals surface area contributed by atoms with Gasteiger partial charge in [-0.05, 0) is 32.4 Å². The van der Waals surface area contributed by atoms with Crippen molar-refractivity contribution >= 4 is 10.0 Å². The van der Waals surface area contributed by atoms with E-state index in [-0.39, 0.29) is 19.2 Å². The first-order valence-electron chi connectivity index (χ1n) is 6.68. The van der Waals surface area contributed by atoms with Gasteiger partial charge in [-0.25, -0.2) is 8.42 Å². The molecule has 20 heavy (non-hydrogen) atoms. The van der Waals surface area contributed by atoms with E-state index < -0.39 is 16.1 Å². The molecule has 112 valence electrons. The molecule has 1 aliphatic heterocycles. The minimum Gasteiger partial charge on any atom is -0.394 e. The average Bonchev–Trinajstić information content (AvgIpc) is 2.38. The molecule has 1 heterocycles. The van der Waals surface area contributed by atoms with Crippen LogP contribution in [0, 0.1) is 13.8 Å². The molecule has 2 rings (SSSR count). The Morgan fingerprint density at radius 1 is 1.40 bits per heavy atom. The summed E-state index contributed by atoms with van der Waals surface area (Å²) < 4.78 is 32.4. The van der Waals surface area contributed by atoms with Crippen molar-refractivity contribution < 1.29 is 18.3 Å². The summed E-state index contributed by atoms with van der Waals surface area (Å²) in [5.74, 6) is 0. The van der Waals surface area contributed by atoms with Crippen LogP contribution in [0.3, 0.4) is 0 Å². The third kappa shape index (κ3) is 2.88. The molecule has 0 aliphatic carbocycles. The van der Waals surface area contributed by atoms with Gasteiger partial charge in [0.25, 0.3) is 0 Å². The predicted octanol–water partition coefficient (Wildman–Crippen LogP) is 1.07. The molecule has 1 saturated heterocycles. The molecule has 0 bridgehead atoms. The van der Waals surface area contributed by atoms with E-state index in [2.05, 4.69) is 0 Å². The minimum absolute atomic E-state index is 0.175. The Bertz CT molecular complexity index is 585. The summed E-state index contributed by atoms with van der Waals surface area (Å²) in [6, 6.07) is 5.08. The number of aliphatic hydroxyl groups is 1. The van der Waals surface area contributed by atoms with Crippen molar-refractivity contribution in [2.24, 2.45) is 0 Å². The summed E-state index contributed by atoms with van der Waals surface area (Å²) in [4.78, 5) is 0.327. The SMILES string of the molecule is Cc1ccc(S(=O)(=O)N2CC(CO)OCC2C)c(C)c1. The maximum absolute atomic E-state index is 12.8. The predicted molar refractivity (Wildman–Crippen MR) is 76.1 cm³/mol. The molecule has 1 aliphatic rings. The van der Waals surface area contributed by atoms with Gasteiger partial charge in [0.2, 0.25) is 10.0 Å². The Morgan fingerprint density at radius 2 is 2.10 bits per heavy atom. The van der Waals surface area contributed by atoms with Gasteiger partial charge in [0, 0.05) is 12.6 Å². The van der Waals surface area contributed by atoms with E-state index in [1.807, 2.05) is 19.9 Å². The van der Waals surface area contributed by atoms with Gasteiger partial charge in [0.1, 0.15) is 0 Å². The fourth-order valence-corrected chi connectivity index (χ4v) is 4.31. The normalized spacial score (nSPS) is 24.8. The molecule has 6 heteroatoms. The highest BCUT2D eigenvalue weighted by atomic mass is 32.2. The largest absolute Gasteiger partial charge is 0.394 e. The maximum atomic E-state index is 12.8. The Balaban J connectivity index is 2.38. The fourth-order valence-electron chi connectivity index (χ4n) is 2.45. The van der Waals surface area contributed by atoms with Gasteiger partial charge in [-0.2, -0.15) is 4.31 Å². The average molecular weight is 299 g/mol. The first kappa shape index (κ1) is 15.4. The summed E-state index contributed by atoms with van der Waals surface area (Å²) in [7, 11) is -3.56. The number of benzene rings is 1. The Morgan fingerprint density at radius 3 is 2.70 bits per heavy atom. The van der Waals surface area contributed by atoms with Gasteiger partial charge in [-0.1, -0.05) is 17.7 Å². The number of nitrogens with zero attached hydrogens (tertiary/aromatic N) is 1. The topological polar surface area (TPSA) is 66.8 Å². The molecule has 0 spiro atoms. The molecule has 0 aromatic heterocycles. The molecule has 0 amide bonds. The lowest BCUT2D eigenvalue weighted by molar-refractivity contribution is -0.0516. The van der Waals surface area contributed by atoms with E-state index in [0.29, 0.717) is 11.5 Å². The first-order chi connectivity index (χ1) is 9.36. The summed E-state index contributed by atoms with van der Waals surface area (Å²) in [6.45, 7) is 5.86. The summed E-state index contributed by atoms with van der Waals surface area (Å²) in [5.41, 5.74) is 1.77. The van der Waals surface area contributed by atoms with Gasteiger partial charge in [0.05, 0.1) is 24.2 Å². The van der Waals surface area contributed by atoms with Crippen LogP contribution in [0.1, 0.15) is 18.1 Å². The van der Waals surface area contributed by atoms with Crippen molar-refractivity contribution in [2.75, 3.05) is 19.8 Å². The van der Waals surface area contributed by atoms with Crippen molar-refractivity contribution in [1.82, 2.24) is 4.31 Å². The zero-order chi connectivity index (χ0) is 14.9. The number of morpholine rings is 1. The van der Waals surface area contributed by atoms with Crippen LogP contribution in [-0.2, 0) is 14.8 Å². The Labute approximate surface area is 120 Å². The zero-order valence-corrected chi connectivity index (χ0v) is 12.9. The highest BCUT2D eigenvalue weighted by Crippen LogP contribution is 2.25. The van der Waals surface area contributed by atoms with Crippen LogP contribution >= 0.6 is 0 Å². The van der Waals surface area contributed by atoms with Crippen molar-refractivity contribution in [3.63, 3.8) is 0 Å². The Hall–Kier alpha value is -0.950. The van der Waals surface area contributed by atoms with Crippen molar-refractivity contribution in [2.45, 2.75) is 37.8 Å². The van der Waals surface area contributed by atoms with Crippen LogP contribution in [0.4, 0.5) is 0 Å². The van der Waals surface area contributed by atoms with E-state index in [0.717, 1.165) is 11.1 Å². The molecule has 5 nitrogen and oxygen atoms in total. The molecular formula is C14H21NO4S. The third-order valence-corrected chi connectivity index (χ3v) is 5.71. The number of hydrogen-bond acceptors (Lipinski definition) is 4. The lowest BCUT2D eigenvalue weighted by Crippen LogP contribution is -2.51. The maximum Gasteiger partial charge on any atom is 0.243 e. The molecule has 1 aromatic rings. The van der Waals surface area contributed by atoms with E-state index in [1.165, 1.54) is 4.31 Å². The standard InChI is InChI=1S/C14H21NO4S/c1-10-4-5-14(11(2)6-10)20(17,18)15-7-13(8-16)19-9-12(15)3/h4-6,12-13,16H,7-9H2,1-3H3. The highest BCUT2D eigenvalue weighted by Gasteiger charge is 2.35. The van der Waals surface area contributed by atoms with Gasteiger partial charge >= 0.3 is 0 Å². The molecule has 1 aromatic carbocycles. The number of rotatable bonds is 3. The second-order valence-corrected chi connectivity index (χ2v) is 7.19. The van der Waals surface area contributed by atoms with Crippen LogP contribution in [0.2, 0.25) is 0 Å². The number of aliphatic hydroxyl groups excluding tert-OH is 1. The first-order valence-corrected chi connectivity index (χ1v) is 8.12. The third-order valence-electron chi connectivity index (χ3n) is 3.57. The van der Waals surface area contributed by atoms with Crippen LogP contribution in [0.5, 0.6) is 0 Å². The lowest BCUT2D eigenvalue weighted by atomic mass is 10.2. The van der Waals surface area contributed by atoms with Gasteiger partial charge < -0.3 is 9.84 Å². The monoisotopic (exact) mass is 299 g/mol. The van der Waals surface area contributed by atoms with Crippen LogP contribution in [0.25, 0.3) is 0 Å². The number of sulfonamides is 1. The molecule has 2 unspecified atom stereocenters. The zero-order valence-electron chi connectivity index (χ0n) is 12.0. The summed E-state index contributed by atoms with van der Waals surface area (Å²) >= 11 is 0. The van der Waals surface area contributed by atoms with Crippen molar-refractivity contribution in [1.29, 1.82) is 0 Å². The van der Waals surface area contributed by atoms with Crippen LogP contribution in [0.15, 0.2) is 23.1 Å². The van der Waals surface area contributed by atoms with Crippen molar-refractivity contribution in [3.8, 4) is 0 Å². The molecule has 0 saturated carbocycles. The number of aryl methyl sites for hydroxylation is 2. The molecule has 0 radical (unpaired) electrons. The number of ether oxygens (including phenoxy) is 1. The van der Waals surface area contributed by atoms with Crippen LogP contribution < -0.4 is 0 Å². The van der Waals surface area contributed by atoms with Gasteiger partial charge in [-0.15, -0.1) is 0 Å². The number of hydrogen-bond donors (Lipinski definition) is 1. The highest BCUT2D eigenvalue weighted by molar-refractivity contribution is 7.89.